The second-order valence-corrected chi connectivity index (χ2v) is 6.86. The molecule has 2 heteroatoms. The Morgan fingerprint density at radius 2 is 1.89 bits per heavy atom. The lowest BCUT2D eigenvalue weighted by atomic mass is 9.81. The zero-order valence-electron chi connectivity index (χ0n) is 12.5. The molecule has 0 radical (unpaired) electrons. The Labute approximate surface area is 114 Å². The number of nitrogens with one attached hydrogen (secondary N) is 1. The third-order valence-electron chi connectivity index (χ3n) is 4.65. The number of nitrogens with zero attached hydrogens (tertiary/aromatic N) is 1. The van der Waals surface area contributed by atoms with E-state index in [1.807, 2.05) is 0 Å². The maximum Gasteiger partial charge on any atom is 0.0107 e. The molecule has 2 rings (SSSR count). The molecular formula is C16H32N2. The van der Waals surface area contributed by atoms with Crippen LogP contribution in [-0.4, -0.2) is 37.1 Å². The van der Waals surface area contributed by atoms with E-state index >= 15 is 0 Å². The van der Waals surface area contributed by atoms with Crippen molar-refractivity contribution >= 4 is 0 Å². The molecule has 18 heavy (non-hydrogen) atoms. The van der Waals surface area contributed by atoms with E-state index in [1.54, 1.807) is 0 Å². The third-order valence-corrected chi connectivity index (χ3v) is 4.65. The Balaban J connectivity index is 1.59. The largest absolute Gasteiger partial charge is 0.313 e. The van der Waals surface area contributed by atoms with Crippen molar-refractivity contribution in [2.75, 3.05) is 26.2 Å². The van der Waals surface area contributed by atoms with Gasteiger partial charge in [-0.2, -0.15) is 0 Å². The summed E-state index contributed by atoms with van der Waals surface area (Å²) in [6.07, 6.45) is 10.0. The van der Waals surface area contributed by atoms with Gasteiger partial charge in [-0.15, -0.1) is 0 Å². The molecule has 2 unspecified atom stereocenters. The van der Waals surface area contributed by atoms with Crippen LogP contribution in [0.4, 0.5) is 0 Å². The van der Waals surface area contributed by atoms with Crippen LogP contribution in [-0.2, 0) is 0 Å². The van der Waals surface area contributed by atoms with E-state index in [0.717, 1.165) is 17.9 Å². The fraction of sp³-hybridized carbons (Fsp3) is 1.00. The van der Waals surface area contributed by atoms with Crippen LogP contribution >= 0.6 is 0 Å². The van der Waals surface area contributed by atoms with Gasteiger partial charge < -0.3 is 10.2 Å². The van der Waals surface area contributed by atoms with Gasteiger partial charge in [0.15, 0.2) is 0 Å². The molecule has 1 N–H and O–H groups in total. The third kappa shape index (κ3) is 4.89. The number of likely N-dealkylation sites (tertiary alicyclic amines) is 1. The predicted molar refractivity (Wildman–Crippen MR) is 78.9 cm³/mol. The van der Waals surface area contributed by atoms with E-state index in [4.69, 9.17) is 0 Å². The van der Waals surface area contributed by atoms with Gasteiger partial charge in [-0.25, -0.2) is 0 Å². The smallest absolute Gasteiger partial charge is 0.0107 e. The average Bonchev–Trinajstić information content (AvgIpc) is 2.82. The summed E-state index contributed by atoms with van der Waals surface area (Å²) < 4.78 is 0. The Morgan fingerprint density at radius 1 is 1.11 bits per heavy atom. The maximum atomic E-state index is 3.81. The van der Waals surface area contributed by atoms with Gasteiger partial charge in [0.1, 0.15) is 0 Å². The first-order valence-electron chi connectivity index (χ1n) is 8.20. The van der Waals surface area contributed by atoms with E-state index in [-0.39, 0.29) is 0 Å². The van der Waals surface area contributed by atoms with E-state index in [1.165, 1.54) is 71.1 Å². The van der Waals surface area contributed by atoms with Gasteiger partial charge in [0, 0.05) is 19.1 Å². The van der Waals surface area contributed by atoms with Gasteiger partial charge in [-0.3, -0.25) is 0 Å². The van der Waals surface area contributed by atoms with Crippen molar-refractivity contribution in [3.8, 4) is 0 Å². The lowest BCUT2D eigenvalue weighted by Gasteiger charge is -2.31. The molecule has 0 aromatic rings. The van der Waals surface area contributed by atoms with Gasteiger partial charge in [0.2, 0.25) is 0 Å². The van der Waals surface area contributed by atoms with Crippen LogP contribution in [0.15, 0.2) is 0 Å². The van der Waals surface area contributed by atoms with E-state index in [0.29, 0.717) is 0 Å². The molecule has 0 amide bonds. The fourth-order valence-electron chi connectivity index (χ4n) is 3.79. The minimum Gasteiger partial charge on any atom is -0.313 e. The summed E-state index contributed by atoms with van der Waals surface area (Å²) in [5.74, 6) is 1.86. The van der Waals surface area contributed by atoms with Gasteiger partial charge in [-0.1, -0.05) is 26.7 Å². The molecule has 1 saturated heterocycles. The lowest BCUT2D eigenvalue weighted by molar-refractivity contribution is 0.243. The SMILES string of the molecule is CC(C)CC1CCCC(NCCN2CCCC2)C1. The first kappa shape index (κ1) is 14.3. The van der Waals surface area contributed by atoms with Crippen LogP contribution in [0, 0.1) is 11.8 Å². The monoisotopic (exact) mass is 252 g/mol. The molecule has 106 valence electrons. The van der Waals surface area contributed by atoms with Gasteiger partial charge in [-0.05, 0) is 57.0 Å². The summed E-state index contributed by atoms with van der Waals surface area (Å²) in [6, 6.07) is 0.810. The summed E-state index contributed by atoms with van der Waals surface area (Å²) in [6.45, 7) is 9.88. The standard InChI is InChI=1S/C16H32N2/c1-14(2)12-15-6-5-7-16(13-15)17-8-11-18-9-3-4-10-18/h14-17H,3-13H2,1-2H3. The average molecular weight is 252 g/mol. The summed E-state index contributed by atoms with van der Waals surface area (Å²) >= 11 is 0. The number of rotatable bonds is 6. The summed E-state index contributed by atoms with van der Waals surface area (Å²) in [7, 11) is 0. The molecule has 2 fully saturated rings. The highest BCUT2D eigenvalue weighted by Crippen LogP contribution is 2.29. The molecule has 2 aliphatic rings. The predicted octanol–water partition coefficient (Wildman–Crippen LogP) is 3.28. The minimum atomic E-state index is 0.810. The summed E-state index contributed by atoms with van der Waals surface area (Å²) in [5.41, 5.74) is 0. The van der Waals surface area contributed by atoms with Crippen molar-refractivity contribution in [2.24, 2.45) is 11.8 Å². The molecule has 2 nitrogen and oxygen atoms in total. The van der Waals surface area contributed by atoms with Crippen LogP contribution in [0.1, 0.15) is 58.8 Å². The Bertz CT molecular complexity index is 221. The van der Waals surface area contributed by atoms with Crippen LogP contribution in [0.25, 0.3) is 0 Å². The second kappa shape index (κ2) is 7.49. The number of hydrogen-bond acceptors (Lipinski definition) is 2. The molecule has 2 atom stereocenters. The highest BCUT2D eigenvalue weighted by atomic mass is 15.2. The topological polar surface area (TPSA) is 15.3 Å². The maximum absolute atomic E-state index is 3.81. The second-order valence-electron chi connectivity index (χ2n) is 6.86. The fourth-order valence-corrected chi connectivity index (χ4v) is 3.79. The number of hydrogen-bond donors (Lipinski definition) is 1. The van der Waals surface area contributed by atoms with E-state index < -0.39 is 0 Å². The van der Waals surface area contributed by atoms with Crippen molar-refractivity contribution in [3.63, 3.8) is 0 Å². The first-order valence-corrected chi connectivity index (χ1v) is 8.20. The molecule has 0 aromatic heterocycles. The molecule has 0 bridgehead atoms. The molecule has 1 aliphatic carbocycles. The molecule has 0 aromatic carbocycles. The minimum absolute atomic E-state index is 0.810. The molecule has 0 spiro atoms. The van der Waals surface area contributed by atoms with Gasteiger partial charge in [0.05, 0.1) is 0 Å². The Hall–Kier alpha value is -0.0800. The van der Waals surface area contributed by atoms with Gasteiger partial charge >= 0.3 is 0 Å². The van der Waals surface area contributed by atoms with E-state index in [9.17, 15) is 0 Å². The van der Waals surface area contributed by atoms with Crippen LogP contribution in [0.5, 0.6) is 0 Å². The highest BCUT2D eigenvalue weighted by Gasteiger charge is 2.22. The molecule has 1 aliphatic heterocycles. The normalized spacial score (nSPS) is 30.2. The van der Waals surface area contributed by atoms with Crippen LogP contribution in [0.3, 0.4) is 0 Å². The van der Waals surface area contributed by atoms with Crippen LogP contribution in [0.2, 0.25) is 0 Å². The van der Waals surface area contributed by atoms with Crippen molar-refractivity contribution < 1.29 is 0 Å². The van der Waals surface area contributed by atoms with Crippen molar-refractivity contribution in [2.45, 2.75) is 64.8 Å². The quantitative estimate of drug-likeness (QED) is 0.780. The van der Waals surface area contributed by atoms with Crippen molar-refractivity contribution in [3.05, 3.63) is 0 Å². The first-order chi connectivity index (χ1) is 8.74. The van der Waals surface area contributed by atoms with Crippen molar-refractivity contribution in [1.82, 2.24) is 10.2 Å². The molecule has 1 heterocycles. The highest BCUT2D eigenvalue weighted by molar-refractivity contribution is 4.79. The van der Waals surface area contributed by atoms with Crippen molar-refractivity contribution in [1.29, 1.82) is 0 Å². The van der Waals surface area contributed by atoms with Crippen LogP contribution < -0.4 is 5.32 Å². The Morgan fingerprint density at radius 3 is 2.61 bits per heavy atom. The Kier molecular flexibility index (Phi) is 5.97. The molecular weight excluding hydrogens is 220 g/mol. The summed E-state index contributed by atoms with van der Waals surface area (Å²) in [4.78, 5) is 2.61. The van der Waals surface area contributed by atoms with E-state index in [2.05, 4.69) is 24.1 Å². The zero-order chi connectivity index (χ0) is 12.8. The molecule has 1 saturated carbocycles. The zero-order valence-corrected chi connectivity index (χ0v) is 12.5. The lowest BCUT2D eigenvalue weighted by Crippen LogP contribution is -2.39. The summed E-state index contributed by atoms with van der Waals surface area (Å²) in [5, 5.41) is 3.81. The van der Waals surface area contributed by atoms with Gasteiger partial charge in [0.25, 0.3) is 0 Å².